The Morgan fingerprint density at radius 1 is 0.974 bits per heavy atom. The zero-order valence-corrected chi connectivity index (χ0v) is 23.2. The van der Waals surface area contributed by atoms with Crippen LogP contribution >= 0.6 is 19.2 Å². The number of aromatic nitrogens is 1. The number of amides is 1. The van der Waals surface area contributed by atoms with Crippen molar-refractivity contribution in [1.82, 2.24) is 4.98 Å². The number of hydrogen-bond donors (Lipinski definition) is 3. The number of anilines is 1. The smallest absolute Gasteiger partial charge is 0.335 e. The molecule has 0 aliphatic heterocycles. The molecular formula is C29H29ClFN2O5P. The average Bonchev–Trinajstić information content (AvgIpc) is 3.34. The van der Waals surface area contributed by atoms with E-state index in [0.29, 0.717) is 39.2 Å². The van der Waals surface area contributed by atoms with Gasteiger partial charge in [-0.2, -0.15) is 0 Å². The molecule has 4 rings (SSSR count). The number of rotatable bonds is 10. The van der Waals surface area contributed by atoms with Gasteiger partial charge in [0.05, 0.1) is 5.16 Å². The molecule has 7 nitrogen and oxygen atoms in total. The van der Waals surface area contributed by atoms with Crippen molar-refractivity contribution in [3.05, 3.63) is 95.0 Å². The second kappa shape index (κ2) is 11.8. The number of hydrogen-bond acceptors (Lipinski definition) is 4. The Hall–Kier alpha value is -3.29. The fraction of sp³-hybridized carbons (Fsp3) is 0.241. The predicted molar refractivity (Wildman–Crippen MR) is 150 cm³/mol. The number of carbonyl (C=O) groups excluding carboxylic acids is 1. The molecule has 0 aliphatic rings. The molecule has 1 amide bonds. The van der Waals surface area contributed by atoms with Crippen LogP contribution in [0, 0.1) is 5.82 Å². The Labute approximate surface area is 231 Å². The minimum absolute atomic E-state index is 0.0940. The van der Waals surface area contributed by atoms with E-state index in [1.807, 2.05) is 12.1 Å². The summed E-state index contributed by atoms with van der Waals surface area (Å²) in [6.07, 6.45) is 0.916. The molecule has 39 heavy (non-hydrogen) atoms. The van der Waals surface area contributed by atoms with Gasteiger partial charge in [-0.15, -0.1) is 0 Å². The molecule has 0 saturated heterocycles. The molecule has 204 valence electrons. The molecule has 1 aromatic heterocycles. The molecule has 3 N–H and O–H groups in total. The van der Waals surface area contributed by atoms with Crippen LogP contribution in [0.4, 0.5) is 10.1 Å². The highest BCUT2D eigenvalue weighted by molar-refractivity contribution is 7.53. The van der Waals surface area contributed by atoms with Gasteiger partial charge in [-0.05, 0) is 66.9 Å². The first kappa shape index (κ1) is 28.7. The molecule has 0 fully saturated rings. The molecule has 1 heterocycles. The maximum atomic E-state index is 13.4. The Morgan fingerprint density at radius 2 is 1.56 bits per heavy atom. The molecule has 3 aromatic carbocycles. The molecular weight excluding hydrogens is 542 g/mol. The maximum Gasteiger partial charge on any atom is 0.335 e. The lowest BCUT2D eigenvalue weighted by molar-refractivity contribution is -0.116. The maximum absolute atomic E-state index is 13.4. The fourth-order valence-electron chi connectivity index (χ4n) is 4.62. The van der Waals surface area contributed by atoms with Crippen LogP contribution in [0.15, 0.2) is 77.2 Å². The van der Waals surface area contributed by atoms with Crippen molar-refractivity contribution in [1.29, 1.82) is 0 Å². The van der Waals surface area contributed by atoms with Crippen molar-refractivity contribution in [2.24, 2.45) is 0 Å². The first-order chi connectivity index (χ1) is 18.6. The van der Waals surface area contributed by atoms with E-state index in [1.165, 1.54) is 12.1 Å². The topological polar surface area (TPSA) is 113 Å². The van der Waals surface area contributed by atoms with Crippen LogP contribution in [-0.2, 0) is 20.9 Å². The normalized spacial score (nSPS) is 11.9. The monoisotopic (exact) mass is 570 g/mol. The lowest BCUT2D eigenvalue weighted by Gasteiger charge is -2.33. The summed E-state index contributed by atoms with van der Waals surface area (Å²) < 4.78 is 31.7. The number of benzene rings is 3. The summed E-state index contributed by atoms with van der Waals surface area (Å²) in [5, 5.41) is 2.13. The fourth-order valence-corrected chi connectivity index (χ4v) is 6.06. The van der Waals surface area contributed by atoms with Gasteiger partial charge in [0.1, 0.15) is 17.3 Å². The van der Waals surface area contributed by atoms with Crippen molar-refractivity contribution in [3.63, 3.8) is 0 Å². The SMILES string of the molecule is CCC(CC)(c1ccc(NC(=O)CCc2oc(-c3ccc(F)cc3)nc2-c2ccc(Cl)cc2)cc1)P(=O)(O)O. The Morgan fingerprint density at radius 3 is 2.13 bits per heavy atom. The molecule has 0 atom stereocenters. The van der Waals surface area contributed by atoms with E-state index in [-0.39, 0.29) is 37.4 Å². The van der Waals surface area contributed by atoms with E-state index in [9.17, 15) is 23.5 Å². The van der Waals surface area contributed by atoms with Gasteiger partial charge in [0.2, 0.25) is 11.8 Å². The van der Waals surface area contributed by atoms with Crippen LogP contribution in [0.5, 0.6) is 0 Å². The molecule has 0 saturated carbocycles. The summed E-state index contributed by atoms with van der Waals surface area (Å²) in [6.45, 7) is 3.50. The van der Waals surface area contributed by atoms with Gasteiger partial charge >= 0.3 is 7.60 Å². The zero-order chi connectivity index (χ0) is 28.2. The molecule has 0 radical (unpaired) electrons. The van der Waals surface area contributed by atoms with Crippen LogP contribution in [0.1, 0.15) is 44.4 Å². The summed E-state index contributed by atoms with van der Waals surface area (Å²) in [4.78, 5) is 37.4. The van der Waals surface area contributed by atoms with Crippen LogP contribution in [0.2, 0.25) is 5.02 Å². The van der Waals surface area contributed by atoms with E-state index in [2.05, 4.69) is 10.3 Å². The van der Waals surface area contributed by atoms with Gasteiger partial charge in [0, 0.05) is 34.7 Å². The quantitative estimate of drug-likeness (QED) is 0.170. The number of oxazole rings is 1. The first-order valence-electron chi connectivity index (χ1n) is 12.5. The summed E-state index contributed by atoms with van der Waals surface area (Å²) in [5.74, 6) is 0.174. The molecule has 0 spiro atoms. The van der Waals surface area contributed by atoms with Crippen molar-refractivity contribution in [3.8, 4) is 22.7 Å². The first-order valence-corrected chi connectivity index (χ1v) is 14.5. The number of carbonyl (C=O) groups is 1. The Balaban J connectivity index is 1.51. The third-order valence-electron chi connectivity index (χ3n) is 6.92. The predicted octanol–water partition coefficient (Wildman–Crippen LogP) is 7.57. The Bertz CT molecular complexity index is 1480. The molecule has 0 bridgehead atoms. The minimum atomic E-state index is -4.40. The lowest BCUT2D eigenvalue weighted by Crippen LogP contribution is -2.24. The second-order valence-electron chi connectivity index (χ2n) is 9.21. The van der Waals surface area contributed by atoms with Gasteiger partial charge in [-0.1, -0.05) is 49.7 Å². The summed E-state index contributed by atoms with van der Waals surface area (Å²) in [7, 11) is -4.40. The van der Waals surface area contributed by atoms with E-state index >= 15 is 0 Å². The highest BCUT2D eigenvalue weighted by Crippen LogP contribution is 2.60. The molecule has 0 aliphatic carbocycles. The van der Waals surface area contributed by atoms with Gasteiger partial charge in [-0.25, -0.2) is 9.37 Å². The number of aryl methyl sites for hydroxylation is 1. The average molecular weight is 571 g/mol. The van der Waals surface area contributed by atoms with Crippen LogP contribution in [0.25, 0.3) is 22.7 Å². The van der Waals surface area contributed by atoms with E-state index in [1.54, 1.807) is 62.4 Å². The molecule has 4 aromatic rings. The molecule has 0 unspecified atom stereocenters. The number of halogens is 2. The minimum Gasteiger partial charge on any atom is -0.440 e. The third kappa shape index (κ3) is 6.31. The van der Waals surface area contributed by atoms with Crippen molar-refractivity contribution in [2.75, 3.05) is 5.32 Å². The second-order valence-corrected chi connectivity index (χ2v) is 11.6. The van der Waals surface area contributed by atoms with Crippen LogP contribution in [0.3, 0.4) is 0 Å². The third-order valence-corrected chi connectivity index (χ3v) is 9.18. The van der Waals surface area contributed by atoms with E-state index < -0.39 is 12.8 Å². The van der Waals surface area contributed by atoms with E-state index in [0.717, 1.165) is 5.56 Å². The number of nitrogens with one attached hydrogen (secondary N) is 1. The van der Waals surface area contributed by atoms with Crippen LogP contribution in [-0.4, -0.2) is 20.7 Å². The van der Waals surface area contributed by atoms with Crippen molar-refractivity contribution < 1.29 is 28.0 Å². The zero-order valence-electron chi connectivity index (χ0n) is 21.5. The Kier molecular flexibility index (Phi) is 8.72. The van der Waals surface area contributed by atoms with Gasteiger partial charge in [0.25, 0.3) is 0 Å². The number of nitrogens with zero attached hydrogens (tertiary/aromatic N) is 1. The summed E-state index contributed by atoms with van der Waals surface area (Å²) in [6, 6.07) is 19.5. The summed E-state index contributed by atoms with van der Waals surface area (Å²) in [5.41, 5.74) is 2.98. The van der Waals surface area contributed by atoms with Gasteiger partial charge < -0.3 is 19.5 Å². The highest BCUT2D eigenvalue weighted by atomic mass is 35.5. The van der Waals surface area contributed by atoms with Gasteiger partial charge in [0.15, 0.2) is 0 Å². The highest BCUT2D eigenvalue weighted by Gasteiger charge is 2.45. The summed E-state index contributed by atoms with van der Waals surface area (Å²) >= 11 is 6.04. The van der Waals surface area contributed by atoms with Gasteiger partial charge in [-0.3, -0.25) is 9.36 Å². The molecule has 10 heteroatoms. The van der Waals surface area contributed by atoms with Crippen LogP contribution < -0.4 is 5.32 Å². The standard InChI is InChI=1S/C29H29ClFN2O5P/c1-3-29(4-2,39(35,36)37)21-9-15-24(16-10-21)32-26(34)18-17-25-27(19-5-11-22(30)12-6-19)33-28(38-25)20-7-13-23(31)14-8-20/h5-16H,3-4,17-18H2,1-2H3,(H,32,34)(H2,35,36,37). The largest absolute Gasteiger partial charge is 0.440 e. The van der Waals surface area contributed by atoms with Crippen molar-refractivity contribution >= 4 is 30.8 Å². The lowest BCUT2D eigenvalue weighted by atomic mass is 9.92. The van der Waals surface area contributed by atoms with Crippen molar-refractivity contribution in [2.45, 2.75) is 44.7 Å². The van der Waals surface area contributed by atoms with E-state index in [4.69, 9.17) is 16.0 Å².